The molecule has 0 radical (unpaired) electrons. The molecule has 0 nitrogen and oxygen atoms in total. The summed E-state index contributed by atoms with van der Waals surface area (Å²) in [6.07, 6.45) is 0. The van der Waals surface area contributed by atoms with Crippen LogP contribution in [0.15, 0.2) is 24.3 Å². The topological polar surface area (TPSA) is 0 Å². The zero-order valence-corrected chi connectivity index (χ0v) is 9.58. The van der Waals surface area contributed by atoms with Crippen molar-refractivity contribution in [1.29, 1.82) is 0 Å². The number of hydrogen-bond donors (Lipinski definition) is 0. The molecular weight excluding hydrogens is 215 g/mol. The molecule has 72 valence electrons. The van der Waals surface area contributed by atoms with Crippen LogP contribution in [0.25, 0.3) is 10.8 Å². The predicted octanol–water partition coefficient (Wildman–Crippen LogP) is 4.76. The van der Waals surface area contributed by atoms with E-state index in [2.05, 4.69) is 19.1 Å². The molecule has 2 heteroatoms. The van der Waals surface area contributed by atoms with Crippen molar-refractivity contribution in [3.63, 3.8) is 0 Å². The zero-order valence-electron chi connectivity index (χ0n) is 8.07. The molecule has 2 aromatic carbocycles. The van der Waals surface area contributed by atoms with Gasteiger partial charge in [0.2, 0.25) is 0 Å². The van der Waals surface area contributed by atoms with E-state index in [0.717, 1.165) is 5.56 Å². The second kappa shape index (κ2) is 3.45. The van der Waals surface area contributed by atoms with Crippen molar-refractivity contribution in [3.05, 3.63) is 45.4 Å². The van der Waals surface area contributed by atoms with Crippen LogP contribution in [0.4, 0.5) is 0 Å². The summed E-state index contributed by atoms with van der Waals surface area (Å²) in [6, 6.07) is 8.11. The molecule has 0 saturated heterocycles. The van der Waals surface area contributed by atoms with Gasteiger partial charge in [-0.15, -0.1) is 0 Å². The summed E-state index contributed by atoms with van der Waals surface area (Å²) >= 11 is 12.1. The minimum absolute atomic E-state index is 0.631. The van der Waals surface area contributed by atoms with Gasteiger partial charge in [0, 0.05) is 0 Å². The smallest absolute Gasteiger partial charge is 0.0627 e. The van der Waals surface area contributed by atoms with E-state index in [1.54, 1.807) is 0 Å². The van der Waals surface area contributed by atoms with Gasteiger partial charge < -0.3 is 0 Å². The average molecular weight is 225 g/mol. The van der Waals surface area contributed by atoms with Gasteiger partial charge in [0.15, 0.2) is 0 Å². The molecular formula is C12H10Cl2. The van der Waals surface area contributed by atoms with Crippen LogP contribution in [0.5, 0.6) is 0 Å². The highest BCUT2D eigenvalue weighted by molar-refractivity contribution is 6.43. The van der Waals surface area contributed by atoms with Gasteiger partial charge in [0.25, 0.3) is 0 Å². The van der Waals surface area contributed by atoms with E-state index in [4.69, 9.17) is 23.2 Å². The van der Waals surface area contributed by atoms with Crippen molar-refractivity contribution in [2.45, 2.75) is 13.8 Å². The summed E-state index contributed by atoms with van der Waals surface area (Å²) in [5.41, 5.74) is 2.28. The first-order chi connectivity index (χ1) is 6.61. The van der Waals surface area contributed by atoms with Crippen LogP contribution >= 0.6 is 23.2 Å². The van der Waals surface area contributed by atoms with Gasteiger partial charge in [-0.2, -0.15) is 0 Å². The minimum atomic E-state index is 0.631. The third-order valence-electron chi connectivity index (χ3n) is 2.54. The molecule has 0 fully saturated rings. The van der Waals surface area contributed by atoms with Crippen molar-refractivity contribution in [2.75, 3.05) is 0 Å². The van der Waals surface area contributed by atoms with Crippen molar-refractivity contribution in [3.8, 4) is 0 Å². The van der Waals surface area contributed by atoms with E-state index in [9.17, 15) is 0 Å². The number of halogens is 2. The molecule has 0 aliphatic heterocycles. The molecule has 2 aromatic rings. The molecule has 14 heavy (non-hydrogen) atoms. The van der Waals surface area contributed by atoms with Crippen LogP contribution in [-0.4, -0.2) is 0 Å². The fourth-order valence-corrected chi connectivity index (χ4v) is 2.09. The number of rotatable bonds is 0. The SMILES string of the molecule is Cc1cccc2c(C)c(Cl)c(Cl)cc12. The third kappa shape index (κ3) is 1.39. The quantitative estimate of drug-likeness (QED) is 0.606. The Hall–Kier alpha value is -0.720. The Morgan fingerprint density at radius 1 is 1.00 bits per heavy atom. The second-order valence-electron chi connectivity index (χ2n) is 3.47. The van der Waals surface area contributed by atoms with Crippen LogP contribution in [0.2, 0.25) is 10.0 Å². The highest BCUT2D eigenvalue weighted by Crippen LogP contribution is 2.33. The van der Waals surface area contributed by atoms with Crippen LogP contribution < -0.4 is 0 Å². The second-order valence-corrected chi connectivity index (χ2v) is 4.25. The first-order valence-electron chi connectivity index (χ1n) is 4.45. The molecule has 0 heterocycles. The first kappa shape index (κ1) is 9.82. The van der Waals surface area contributed by atoms with Crippen LogP contribution in [0, 0.1) is 13.8 Å². The Bertz CT molecular complexity index is 501. The van der Waals surface area contributed by atoms with E-state index < -0.39 is 0 Å². The number of hydrogen-bond acceptors (Lipinski definition) is 0. The highest BCUT2D eigenvalue weighted by atomic mass is 35.5. The summed E-state index contributed by atoms with van der Waals surface area (Å²) < 4.78 is 0. The lowest BCUT2D eigenvalue weighted by Crippen LogP contribution is -1.84. The highest BCUT2D eigenvalue weighted by Gasteiger charge is 2.07. The van der Waals surface area contributed by atoms with Crippen molar-refractivity contribution < 1.29 is 0 Å². The first-order valence-corrected chi connectivity index (χ1v) is 5.21. The van der Waals surface area contributed by atoms with Gasteiger partial charge in [0.1, 0.15) is 0 Å². The number of aryl methyl sites for hydroxylation is 2. The Labute approximate surface area is 93.4 Å². The van der Waals surface area contributed by atoms with Crippen LogP contribution in [-0.2, 0) is 0 Å². The van der Waals surface area contributed by atoms with Gasteiger partial charge in [-0.3, -0.25) is 0 Å². The van der Waals surface area contributed by atoms with Crippen molar-refractivity contribution in [2.24, 2.45) is 0 Å². The summed E-state index contributed by atoms with van der Waals surface area (Å²) in [4.78, 5) is 0. The molecule has 0 aliphatic rings. The molecule has 0 bridgehead atoms. The Balaban J connectivity index is 2.98. The standard InChI is InChI=1S/C12H10Cl2/c1-7-4-3-5-9-8(2)12(14)11(13)6-10(7)9/h3-6H,1-2H3. The maximum Gasteiger partial charge on any atom is 0.0627 e. The van der Waals surface area contributed by atoms with E-state index in [1.807, 2.05) is 19.1 Å². The van der Waals surface area contributed by atoms with E-state index in [1.165, 1.54) is 16.3 Å². The lowest BCUT2D eigenvalue weighted by molar-refractivity contribution is 1.48. The zero-order chi connectivity index (χ0) is 10.3. The molecule has 0 saturated carbocycles. The molecule has 0 aliphatic carbocycles. The van der Waals surface area contributed by atoms with Gasteiger partial charge in [-0.1, -0.05) is 41.4 Å². The Kier molecular flexibility index (Phi) is 2.42. The third-order valence-corrected chi connectivity index (χ3v) is 3.42. The molecule has 0 N–H and O–H groups in total. The Morgan fingerprint density at radius 3 is 2.43 bits per heavy atom. The molecule has 0 spiro atoms. The lowest BCUT2D eigenvalue weighted by atomic mass is 10.0. The average Bonchev–Trinajstić information content (AvgIpc) is 2.17. The molecule has 0 atom stereocenters. The monoisotopic (exact) mass is 224 g/mol. The van der Waals surface area contributed by atoms with Gasteiger partial charge in [-0.25, -0.2) is 0 Å². The lowest BCUT2D eigenvalue weighted by Gasteiger charge is -2.08. The summed E-state index contributed by atoms with van der Waals surface area (Å²) in [6.45, 7) is 4.07. The molecule has 0 unspecified atom stereocenters. The number of benzene rings is 2. The fourth-order valence-electron chi connectivity index (χ4n) is 1.69. The normalized spacial score (nSPS) is 10.9. The predicted molar refractivity (Wildman–Crippen MR) is 63.4 cm³/mol. The fraction of sp³-hybridized carbons (Fsp3) is 0.167. The van der Waals surface area contributed by atoms with Crippen LogP contribution in [0.3, 0.4) is 0 Å². The Morgan fingerprint density at radius 2 is 1.71 bits per heavy atom. The largest absolute Gasteiger partial charge is 0.0827 e. The minimum Gasteiger partial charge on any atom is -0.0827 e. The molecule has 2 rings (SSSR count). The van der Waals surface area contributed by atoms with Gasteiger partial charge in [0.05, 0.1) is 10.0 Å². The van der Waals surface area contributed by atoms with E-state index in [0.29, 0.717) is 10.0 Å². The van der Waals surface area contributed by atoms with Crippen molar-refractivity contribution >= 4 is 34.0 Å². The van der Waals surface area contributed by atoms with Crippen molar-refractivity contribution in [1.82, 2.24) is 0 Å². The molecule has 0 amide bonds. The summed E-state index contributed by atoms with van der Waals surface area (Å²) in [5, 5.41) is 3.65. The number of fused-ring (bicyclic) bond motifs is 1. The summed E-state index contributed by atoms with van der Waals surface area (Å²) in [5.74, 6) is 0. The maximum atomic E-state index is 6.08. The van der Waals surface area contributed by atoms with Crippen LogP contribution in [0.1, 0.15) is 11.1 Å². The maximum absolute atomic E-state index is 6.08. The van der Waals surface area contributed by atoms with Gasteiger partial charge in [-0.05, 0) is 41.8 Å². The van der Waals surface area contributed by atoms with Gasteiger partial charge >= 0.3 is 0 Å². The van der Waals surface area contributed by atoms with E-state index in [-0.39, 0.29) is 0 Å². The van der Waals surface area contributed by atoms with E-state index >= 15 is 0 Å². The molecule has 0 aromatic heterocycles. The summed E-state index contributed by atoms with van der Waals surface area (Å²) in [7, 11) is 0.